The van der Waals surface area contributed by atoms with Crippen LogP contribution >= 0.6 is 34.7 Å². The number of halogens is 1. The summed E-state index contributed by atoms with van der Waals surface area (Å²) >= 11 is 9.34. The molecule has 1 aromatic carbocycles. The third-order valence-corrected chi connectivity index (χ3v) is 5.07. The highest BCUT2D eigenvalue weighted by Gasteiger charge is 2.11. The SMILES string of the molecule is NC(CCSCc1csc(-c2ccccc2Cl)n1)C(=O)O. The van der Waals surface area contributed by atoms with E-state index in [0.717, 1.165) is 22.0 Å². The van der Waals surface area contributed by atoms with Gasteiger partial charge in [0, 0.05) is 16.7 Å². The average molecular weight is 343 g/mol. The van der Waals surface area contributed by atoms with Gasteiger partial charge in [0.2, 0.25) is 0 Å². The summed E-state index contributed by atoms with van der Waals surface area (Å²) < 4.78 is 0. The van der Waals surface area contributed by atoms with Crippen molar-refractivity contribution in [2.45, 2.75) is 18.2 Å². The highest BCUT2D eigenvalue weighted by molar-refractivity contribution is 7.98. The summed E-state index contributed by atoms with van der Waals surface area (Å²) in [6, 6.07) is 6.84. The van der Waals surface area contributed by atoms with E-state index < -0.39 is 12.0 Å². The molecule has 2 rings (SSSR count). The molecule has 112 valence electrons. The Bertz CT molecular complexity index is 619. The Morgan fingerprint density at radius 3 is 2.95 bits per heavy atom. The lowest BCUT2D eigenvalue weighted by Gasteiger charge is -2.04. The van der Waals surface area contributed by atoms with Crippen LogP contribution < -0.4 is 5.73 Å². The van der Waals surface area contributed by atoms with Crippen molar-refractivity contribution < 1.29 is 9.90 Å². The van der Waals surface area contributed by atoms with E-state index in [1.807, 2.05) is 29.6 Å². The molecule has 0 bridgehead atoms. The van der Waals surface area contributed by atoms with Gasteiger partial charge in [-0.05, 0) is 18.2 Å². The molecule has 3 N–H and O–H groups in total. The number of thiazole rings is 1. The number of aliphatic carboxylic acids is 1. The lowest BCUT2D eigenvalue weighted by molar-refractivity contribution is -0.138. The third kappa shape index (κ3) is 4.71. The molecular formula is C14H15ClN2O2S2. The molecule has 1 aromatic heterocycles. The molecule has 0 amide bonds. The number of nitrogens with zero attached hydrogens (tertiary/aromatic N) is 1. The summed E-state index contributed by atoms with van der Waals surface area (Å²) in [4.78, 5) is 15.2. The van der Waals surface area contributed by atoms with Gasteiger partial charge in [-0.15, -0.1) is 11.3 Å². The fraction of sp³-hybridized carbons (Fsp3) is 0.286. The monoisotopic (exact) mass is 342 g/mol. The number of carboxylic acids is 1. The van der Waals surface area contributed by atoms with Crippen molar-refractivity contribution in [3.8, 4) is 10.6 Å². The van der Waals surface area contributed by atoms with Crippen LogP contribution in [-0.4, -0.2) is 27.9 Å². The molecule has 0 aliphatic rings. The number of hydrogen-bond donors (Lipinski definition) is 2. The minimum Gasteiger partial charge on any atom is -0.480 e. The maximum Gasteiger partial charge on any atom is 0.320 e. The molecule has 7 heteroatoms. The molecule has 0 spiro atoms. The van der Waals surface area contributed by atoms with Crippen LogP contribution in [0.3, 0.4) is 0 Å². The van der Waals surface area contributed by atoms with Crippen LogP contribution in [0, 0.1) is 0 Å². The first-order valence-corrected chi connectivity index (χ1v) is 8.74. The number of benzene rings is 1. The molecule has 4 nitrogen and oxygen atoms in total. The predicted octanol–water partition coefficient (Wildman–Crippen LogP) is 3.50. The van der Waals surface area contributed by atoms with Gasteiger partial charge in [0.1, 0.15) is 11.0 Å². The molecule has 1 unspecified atom stereocenters. The molecule has 0 aliphatic heterocycles. The van der Waals surface area contributed by atoms with Gasteiger partial charge in [-0.3, -0.25) is 4.79 Å². The van der Waals surface area contributed by atoms with Crippen LogP contribution in [0.25, 0.3) is 10.6 Å². The minimum absolute atomic E-state index is 0.460. The van der Waals surface area contributed by atoms with Gasteiger partial charge in [0.05, 0.1) is 10.7 Å². The normalized spacial score (nSPS) is 12.3. The van der Waals surface area contributed by atoms with E-state index in [-0.39, 0.29) is 0 Å². The van der Waals surface area contributed by atoms with Gasteiger partial charge in [-0.1, -0.05) is 29.8 Å². The second-order valence-corrected chi connectivity index (χ2v) is 6.78. The topological polar surface area (TPSA) is 76.2 Å². The van der Waals surface area contributed by atoms with Crippen LogP contribution in [0.2, 0.25) is 5.02 Å². The lowest BCUT2D eigenvalue weighted by atomic mass is 10.2. The number of hydrogen-bond acceptors (Lipinski definition) is 5. The summed E-state index contributed by atoms with van der Waals surface area (Å²) in [5.41, 5.74) is 7.37. The number of carbonyl (C=O) groups is 1. The molecule has 0 saturated heterocycles. The second-order valence-electron chi connectivity index (χ2n) is 4.41. The van der Waals surface area contributed by atoms with Crippen LogP contribution in [0.1, 0.15) is 12.1 Å². The standard InChI is InChI=1S/C14H15ClN2O2S2/c15-11-4-2-1-3-10(11)13-17-9(8-21-13)7-20-6-5-12(16)14(18)19/h1-4,8,12H,5-7,16H2,(H,18,19). The first-order valence-electron chi connectivity index (χ1n) is 6.33. The lowest BCUT2D eigenvalue weighted by Crippen LogP contribution is -2.30. The molecular weight excluding hydrogens is 328 g/mol. The summed E-state index contributed by atoms with van der Waals surface area (Å²) in [5, 5.41) is 12.3. The maximum absolute atomic E-state index is 10.6. The highest BCUT2D eigenvalue weighted by atomic mass is 35.5. The Morgan fingerprint density at radius 1 is 1.48 bits per heavy atom. The van der Waals surface area contributed by atoms with E-state index in [9.17, 15) is 4.79 Å². The zero-order valence-electron chi connectivity index (χ0n) is 11.2. The number of carboxylic acid groups (broad SMARTS) is 1. The Hall–Kier alpha value is -1.08. The second kappa shape index (κ2) is 7.79. The van der Waals surface area contributed by atoms with Crippen molar-refractivity contribution in [3.63, 3.8) is 0 Å². The predicted molar refractivity (Wildman–Crippen MR) is 89.0 cm³/mol. The Labute approximate surface area is 136 Å². The molecule has 0 aliphatic carbocycles. The van der Waals surface area contributed by atoms with Crippen LogP contribution in [0.4, 0.5) is 0 Å². The van der Waals surface area contributed by atoms with Gasteiger partial charge in [-0.2, -0.15) is 11.8 Å². The molecule has 1 heterocycles. The zero-order valence-corrected chi connectivity index (χ0v) is 13.5. The summed E-state index contributed by atoms with van der Waals surface area (Å²) in [5.74, 6) is 0.491. The number of nitrogens with two attached hydrogens (primary N) is 1. The Balaban J connectivity index is 1.87. The fourth-order valence-electron chi connectivity index (χ4n) is 1.64. The summed E-state index contributed by atoms with van der Waals surface area (Å²) in [6.07, 6.45) is 0.460. The fourth-order valence-corrected chi connectivity index (χ4v) is 3.81. The van der Waals surface area contributed by atoms with Crippen molar-refractivity contribution in [1.82, 2.24) is 4.98 Å². The summed E-state index contributed by atoms with van der Waals surface area (Å²) in [7, 11) is 0. The van der Waals surface area contributed by atoms with Crippen molar-refractivity contribution >= 4 is 40.7 Å². The molecule has 0 fully saturated rings. The number of thioether (sulfide) groups is 1. The van der Waals surface area contributed by atoms with Gasteiger partial charge in [0.15, 0.2) is 0 Å². The van der Waals surface area contributed by atoms with Gasteiger partial charge in [-0.25, -0.2) is 4.98 Å². The van der Waals surface area contributed by atoms with Crippen molar-refractivity contribution in [3.05, 3.63) is 40.4 Å². The van der Waals surface area contributed by atoms with Crippen LogP contribution in [0.15, 0.2) is 29.6 Å². The van der Waals surface area contributed by atoms with E-state index in [2.05, 4.69) is 4.98 Å². The maximum atomic E-state index is 10.6. The van der Waals surface area contributed by atoms with Gasteiger partial charge < -0.3 is 10.8 Å². The van der Waals surface area contributed by atoms with E-state index in [1.54, 1.807) is 23.1 Å². The Kier molecular flexibility index (Phi) is 6.05. The average Bonchev–Trinajstić information content (AvgIpc) is 2.92. The quantitative estimate of drug-likeness (QED) is 0.753. The molecule has 1 atom stereocenters. The van der Waals surface area contributed by atoms with Crippen LogP contribution in [0.5, 0.6) is 0 Å². The van der Waals surface area contributed by atoms with E-state index in [1.165, 1.54) is 0 Å². The zero-order chi connectivity index (χ0) is 15.2. The minimum atomic E-state index is -0.953. The summed E-state index contributed by atoms with van der Waals surface area (Å²) in [6.45, 7) is 0. The van der Waals surface area contributed by atoms with Crippen molar-refractivity contribution in [2.75, 3.05) is 5.75 Å². The molecule has 21 heavy (non-hydrogen) atoms. The van der Waals surface area contributed by atoms with Crippen LogP contribution in [-0.2, 0) is 10.5 Å². The first-order chi connectivity index (χ1) is 10.1. The largest absolute Gasteiger partial charge is 0.480 e. The van der Waals surface area contributed by atoms with E-state index >= 15 is 0 Å². The smallest absolute Gasteiger partial charge is 0.320 e. The third-order valence-electron chi connectivity index (χ3n) is 2.80. The van der Waals surface area contributed by atoms with E-state index in [0.29, 0.717) is 17.2 Å². The van der Waals surface area contributed by atoms with Gasteiger partial charge >= 0.3 is 5.97 Å². The van der Waals surface area contributed by atoms with E-state index in [4.69, 9.17) is 22.4 Å². The molecule has 0 saturated carbocycles. The number of rotatable bonds is 7. The Morgan fingerprint density at radius 2 is 2.24 bits per heavy atom. The first kappa shape index (κ1) is 16.3. The highest BCUT2D eigenvalue weighted by Crippen LogP contribution is 2.30. The van der Waals surface area contributed by atoms with Crippen molar-refractivity contribution in [1.29, 1.82) is 0 Å². The number of aromatic nitrogens is 1. The van der Waals surface area contributed by atoms with Gasteiger partial charge in [0.25, 0.3) is 0 Å². The molecule has 0 radical (unpaired) electrons. The van der Waals surface area contributed by atoms with Crippen molar-refractivity contribution in [2.24, 2.45) is 5.73 Å². The molecule has 2 aromatic rings.